The fraction of sp³-hybridized carbons (Fsp3) is 0.417. The number of nitrogens with one attached hydrogen (secondary N) is 1. The molecular formula is C12H12BrClN4O. The summed E-state index contributed by atoms with van der Waals surface area (Å²) in [6.45, 7) is 0.666. The van der Waals surface area contributed by atoms with Gasteiger partial charge < -0.3 is 9.88 Å². The molecular weight excluding hydrogens is 332 g/mol. The molecule has 100 valence electrons. The summed E-state index contributed by atoms with van der Waals surface area (Å²) in [6, 6.07) is 2.06. The van der Waals surface area contributed by atoms with Crippen LogP contribution in [0.2, 0.25) is 0 Å². The van der Waals surface area contributed by atoms with Gasteiger partial charge in [0.05, 0.1) is 5.88 Å². The summed E-state index contributed by atoms with van der Waals surface area (Å²) in [6.07, 6.45) is 3.18. The van der Waals surface area contributed by atoms with E-state index in [1.165, 1.54) is 0 Å². The number of rotatable bonds is 3. The maximum Gasteiger partial charge on any atom is 0.220 e. The van der Waals surface area contributed by atoms with Gasteiger partial charge in [0.15, 0.2) is 5.65 Å². The number of halogens is 2. The highest BCUT2D eigenvalue weighted by Gasteiger charge is 2.23. The van der Waals surface area contributed by atoms with Crippen LogP contribution in [0.4, 0.5) is 0 Å². The molecule has 5 nitrogen and oxygen atoms in total. The normalized spacial score (nSPS) is 19.1. The molecule has 0 aliphatic carbocycles. The van der Waals surface area contributed by atoms with Crippen LogP contribution in [0, 0.1) is 0 Å². The van der Waals surface area contributed by atoms with Gasteiger partial charge in [0.25, 0.3) is 0 Å². The Morgan fingerprint density at radius 2 is 2.42 bits per heavy atom. The molecule has 0 saturated carbocycles. The Balaban J connectivity index is 1.98. The lowest BCUT2D eigenvalue weighted by Gasteiger charge is -2.13. The largest absolute Gasteiger partial charge is 0.352 e. The maximum absolute atomic E-state index is 11.3. The molecule has 1 aliphatic rings. The average molecular weight is 344 g/mol. The van der Waals surface area contributed by atoms with Gasteiger partial charge >= 0.3 is 0 Å². The zero-order valence-corrected chi connectivity index (χ0v) is 12.4. The van der Waals surface area contributed by atoms with Crippen LogP contribution >= 0.6 is 27.5 Å². The minimum absolute atomic E-state index is 0.109. The van der Waals surface area contributed by atoms with Gasteiger partial charge in [0.1, 0.15) is 11.3 Å². The minimum Gasteiger partial charge on any atom is -0.352 e. The second-order valence-electron chi connectivity index (χ2n) is 4.57. The van der Waals surface area contributed by atoms with Crippen LogP contribution in [0.1, 0.15) is 18.7 Å². The number of alkyl halides is 1. The molecule has 1 N–H and O–H groups in total. The third-order valence-corrected chi connectivity index (χ3v) is 3.91. The summed E-state index contributed by atoms with van der Waals surface area (Å²) in [5.41, 5.74) is 1.62. The number of pyridine rings is 1. The molecule has 1 saturated heterocycles. The average Bonchev–Trinajstić information content (AvgIpc) is 2.94. The predicted octanol–water partition coefficient (Wildman–Crippen LogP) is 2.21. The Morgan fingerprint density at radius 1 is 1.58 bits per heavy atom. The summed E-state index contributed by atoms with van der Waals surface area (Å²) in [5, 5.41) is 2.95. The zero-order chi connectivity index (χ0) is 13.4. The van der Waals surface area contributed by atoms with E-state index >= 15 is 0 Å². The Morgan fingerprint density at radius 3 is 3.11 bits per heavy atom. The molecule has 0 bridgehead atoms. The monoisotopic (exact) mass is 342 g/mol. The van der Waals surface area contributed by atoms with Crippen LogP contribution in [-0.4, -0.2) is 26.5 Å². The van der Waals surface area contributed by atoms with Crippen molar-refractivity contribution in [3.63, 3.8) is 0 Å². The standard InChI is InChI=1S/C12H12BrClN4O/c13-7-3-9-12(15-5-7)18(10(4-14)17-9)6-8-1-2-11(19)16-8/h3,5,8H,1-2,4,6H2,(H,16,19). The van der Waals surface area contributed by atoms with Gasteiger partial charge in [-0.1, -0.05) is 0 Å². The van der Waals surface area contributed by atoms with Crippen molar-refractivity contribution in [3.8, 4) is 0 Å². The summed E-state index contributed by atoms with van der Waals surface area (Å²) in [4.78, 5) is 20.1. The highest BCUT2D eigenvalue weighted by molar-refractivity contribution is 9.10. The van der Waals surface area contributed by atoms with E-state index in [1.54, 1.807) is 6.20 Å². The molecule has 1 amide bonds. The van der Waals surface area contributed by atoms with Gasteiger partial charge in [0.2, 0.25) is 5.91 Å². The third kappa shape index (κ3) is 2.47. The third-order valence-electron chi connectivity index (χ3n) is 3.24. The Labute approximate surface area is 123 Å². The first kappa shape index (κ1) is 12.9. The molecule has 7 heteroatoms. The number of carbonyl (C=O) groups excluding carboxylic acids is 1. The van der Waals surface area contributed by atoms with Gasteiger partial charge in [-0.05, 0) is 28.4 Å². The van der Waals surface area contributed by atoms with E-state index in [1.807, 2.05) is 10.6 Å². The number of carbonyl (C=O) groups is 1. The van der Waals surface area contributed by atoms with Crippen LogP contribution in [0.15, 0.2) is 16.7 Å². The van der Waals surface area contributed by atoms with E-state index in [4.69, 9.17) is 11.6 Å². The fourth-order valence-corrected chi connectivity index (χ4v) is 2.89. The number of hydrogen-bond donors (Lipinski definition) is 1. The van der Waals surface area contributed by atoms with Crippen molar-refractivity contribution in [2.24, 2.45) is 0 Å². The van der Waals surface area contributed by atoms with E-state index in [2.05, 4.69) is 31.2 Å². The van der Waals surface area contributed by atoms with E-state index in [0.717, 1.165) is 27.9 Å². The van der Waals surface area contributed by atoms with E-state index in [9.17, 15) is 4.79 Å². The Hall–Kier alpha value is -1.14. The number of amides is 1. The van der Waals surface area contributed by atoms with Gasteiger partial charge in [-0.2, -0.15) is 0 Å². The molecule has 0 spiro atoms. The van der Waals surface area contributed by atoms with E-state index in [0.29, 0.717) is 18.8 Å². The second kappa shape index (κ2) is 5.09. The van der Waals surface area contributed by atoms with E-state index < -0.39 is 0 Å². The summed E-state index contributed by atoms with van der Waals surface area (Å²) in [7, 11) is 0. The highest BCUT2D eigenvalue weighted by Crippen LogP contribution is 2.21. The van der Waals surface area contributed by atoms with Crippen molar-refractivity contribution in [1.29, 1.82) is 0 Å². The van der Waals surface area contributed by atoms with Crippen LogP contribution in [0.3, 0.4) is 0 Å². The minimum atomic E-state index is 0.109. The van der Waals surface area contributed by atoms with Crippen LogP contribution < -0.4 is 5.32 Å². The molecule has 1 unspecified atom stereocenters. The van der Waals surface area contributed by atoms with Crippen molar-refractivity contribution in [1.82, 2.24) is 19.9 Å². The molecule has 0 aromatic carbocycles. The maximum atomic E-state index is 11.3. The Bertz CT molecular complexity index is 642. The number of hydrogen-bond acceptors (Lipinski definition) is 3. The molecule has 19 heavy (non-hydrogen) atoms. The van der Waals surface area contributed by atoms with Gasteiger partial charge in [-0.3, -0.25) is 4.79 Å². The molecule has 3 heterocycles. The molecule has 0 radical (unpaired) electrons. The summed E-state index contributed by atoms with van der Waals surface area (Å²) < 4.78 is 2.88. The molecule has 1 atom stereocenters. The SMILES string of the molecule is O=C1CCC(Cn2c(CCl)nc3cc(Br)cnc32)N1. The zero-order valence-electron chi connectivity index (χ0n) is 10.1. The quantitative estimate of drug-likeness (QED) is 0.869. The Kier molecular flexibility index (Phi) is 3.45. The number of aromatic nitrogens is 3. The fourth-order valence-electron chi connectivity index (χ4n) is 2.36. The van der Waals surface area contributed by atoms with Crippen molar-refractivity contribution >= 4 is 44.6 Å². The smallest absolute Gasteiger partial charge is 0.220 e. The predicted molar refractivity (Wildman–Crippen MR) is 75.9 cm³/mol. The van der Waals surface area contributed by atoms with Crippen LogP contribution in [0.5, 0.6) is 0 Å². The van der Waals surface area contributed by atoms with Crippen molar-refractivity contribution in [2.45, 2.75) is 31.3 Å². The van der Waals surface area contributed by atoms with Crippen LogP contribution in [0.25, 0.3) is 11.2 Å². The lowest BCUT2D eigenvalue weighted by Crippen LogP contribution is -2.30. The topological polar surface area (TPSA) is 59.8 Å². The molecule has 3 rings (SSSR count). The molecule has 2 aromatic heterocycles. The summed E-state index contributed by atoms with van der Waals surface area (Å²) in [5.74, 6) is 1.22. The first-order valence-corrected chi connectivity index (χ1v) is 7.36. The molecule has 1 fully saturated rings. The van der Waals surface area contributed by atoms with Crippen LogP contribution in [-0.2, 0) is 17.2 Å². The lowest BCUT2D eigenvalue weighted by atomic mass is 10.2. The number of imidazole rings is 1. The lowest BCUT2D eigenvalue weighted by molar-refractivity contribution is -0.119. The number of nitrogens with zero attached hydrogens (tertiary/aromatic N) is 3. The molecule has 1 aliphatic heterocycles. The van der Waals surface area contributed by atoms with Gasteiger partial charge in [-0.15, -0.1) is 11.6 Å². The second-order valence-corrected chi connectivity index (χ2v) is 5.75. The van der Waals surface area contributed by atoms with E-state index in [-0.39, 0.29) is 11.9 Å². The first-order valence-electron chi connectivity index (χ1n) is 6.03. The van der Waals surface area contributed by atoms with Crippen molar-refractivity contribution in [2.75, 3.05) is 0 Å². The first-order chi connectivity index (χ1) is 9.17. The van der Waals surface area contributed by atoms with Crippen molar-refractivity contribution < 1.29 is 4.79 Å². The molecule has 2 aromatic rings. The highest BCUT2D eigenvalue weighted by atomic mass is 79.9. The van der Waals surface area contributed by atoms with Crippen molar-refractivity contribution in [3.05, 3.63) is 22.6 Å². The van der Waals surface area contributed by atoms with Gasteiger partial charge in [0, 0.05) is 29.7 Å². The van der Waals surface area contributed by atoms with Gasteiger partial charge in [-0.25, -0.2) is 9.97 Å². The summed E-state index contributed by atoms with van der Waals surface area (Å²) >= 11 is 9.33. The number of fused-ring (bicyclic) bond motifs is 1.